The van der Waals surface area contributed by atoms with Gasteiger partial charge in [0.25, 0.3) is 0 Å². The molecule has 1 saturated heterocycles. The van der Waals surface area contributed by atoms with E-state index in [0.717, 1.165) is 23.4 Å². The second-order valence-electron chi connectivity index (χ2n) is 8.08. The van der Waals surface area contributed by atoms with Crippen molar-refractivity contribution in [1.29, 1.82) is 0 Å². The van der Waals surface area contributed by atoms with Crippen molar-refractivity contribution in [3.8, 4) is 5.75 Å². The van der Waals surface area contributed by atoms with Crippen LogP contribution >= 0.6 is 23.2 Å². The van der Waals surface area contributed by atoms with Crippen LogP contribution in [0.2, 0.25) is 10.0 Å². The zero-order valence-electron chi connectivity index (χ0n) is 19.3. The Morgan fingerprint density at radius 3 is 2.17 bits per heavy atom. The van der Waals surface area contributed by atoms with Crippen molar-refractivity contribution in [2.75, 3.05) is 36.8 Å². The summed E-state index contributed by atoms with van der Waals surface area (Å²) in [6.07, 6.45) is 2.71. The van der Waals surface area contributed by atoms with Gasteiger partial charge >= 0.3 is 0 Å². The van der Waals surface area contributed by atoms with Gasteiger partial charge in [-0.25, -0.2) is 16.8 Å². The van der Waals surface area contributed by atoms with Crippen LogP contribution in [0.25, 0.3) is 0 Å². The number of rotatable bonds is 10. The first-order valence-electron chi connectivity index (χ1n) is 10.9. The molecule has 0 aliphatic carbocycles. The predicted molar refractivity (Wildman–Crippen MR) is 136 cm³/mol. The topological polar surface area (TPSA) is 113 Å². The highest BCUT2D eigenvalue weighted by molar-refractivity contribution is 7.92. The van der Waals surface area contributed by atoms with Crippen molar-refractivity contribution in [1.82, 2.24) is 9.62 Å². The number of sulfonamides is 2. The van der Waals surface area contributed by atoms with Crippen molar-refractivity contribution < 1.29 is 26.4 Å². The van der Waals surface area contributed by atoms with Gasteiger partial charge in [0.05, 0.1) is 23.4 Å². The summed E-state index contributed by atoms with van der Waals surface area (Å²) < 4.78 is 57.9. The molecule has 0 saturated carbocycles. The number of nitrogens with zero attached hydrogens (tertiary/aromatic N) is 2. The highest BCUT2D eigenvalue weighted by Crippen LogP contribution is 2.28. The Kier molecular flexibility index (Phi) is 8.92. The van der Waals surface area contributed by atoms with Gasteiger partial charge < -0.3 is 10.1 Å². The van der Waals surface area contributed by atoms with Crippen molar-refractivity contribution in [2.24, 2.45) is 0 Å². The first-order chi connectivity index (χ1) is 16.4. The first-order valence-corrected chi connectivity index (χ1v) is 14.9. The van der Waals surface area contributed by atoms with Crippen LogP contribution < -0.4 is 14.4 Å². The van der Waals surface area contributed by atoms with E-state index in [1.807, 2.05) is 0 Å². The number of benzene rings is 2. The Hall–Kier alpha value is -2.05. The van der Waals surface area contributed by atoms with Crippen LogP contribution in [0.4, 0.5) is 5.69 Å². The summed E-state index contributed by atoms with van der Waals surface area (Å²) in [6.45, 7) is 2.70. The molecule has 0 bridgehead atoms. The standard InChI is InChI=1S/C22H27Cl2N3O6S2/c1-16(27(34(2,29)30)19-14-17(23)13-18(24)15-19)22(28)25-9-12-33-20-5-7-21(8-6-20)35(31,32)26-10-3-4-11-26/h5-8,13-16H,3-4,9-12H2,1-2H3,(H,25,28)/t16-/m0/s1. The van der Waals surface area contributed by atoms with Gasteiger partial charge in [0, 0.05) is 23.1 Å². The second-order valence-corrected chi connectivity index (χ2v) is 12.8. The van der Waals surface area contributed by atoms with Gasteiger partial charge in [-0.1, -0.05) is 23.2 Å². The highest BCUT2D eigenvalue weighted by Gasteiger charge is 2.30. The van der Waals surface area contributed by atoms with E-state index in [9.17, 15) is 21.6 Å². The number of hydrogen-bond acceptors (Lipinski definition) is 6. The fraction of sp³-hybridized carbons (Fsp3) is 0.409. The molecule has 0 spiro atoms. The van der Waals surface area contributed by atoms with Gasteiger partial charge in [0.15, 0.2) is 0 Å². The number of carbonyl (C=O) groups is 1. The Morgan fingerprint density at radius 1 is 1.06 bits per heavy atom. The van der Waals surface area contributed by atoms with Crippen molar-refractivity contribution in [3.63, 3.8) is 0 Å². The van der Waals surface area contributed by atoms with Crippen LogP contribution in [0.1, 0.15) is 19.8 Å². The average molecular weight is 565 g/mol. The van der Waals surface area contributed by atoms with E-state index in [-0.39, 0.29) is 33.8 Å². The summed E-state index contributed by atoms with van der Waals surface area (Å²) in [5.41, 5.74) is 0.174. The van der Waals surface area contributed by atoms with Gasteiger partial charge in [-0.05, 0) is 62.2 Å². The minimum atomic E-state index is -3.82. The maximum Gasteiger partial charge on any atom is 0.243 e. The molecule has 1 fully saturated rings. The molecule has 13 heteroatoms. The van der Waals surface area contributed by atoms with Crippen LogP contribution in [0, 0.1) is 0 Å². The minimum Gasteiger partial charge on any atom is -0.492 e. The lowest BCUT2D eigenvalue weighted by atomic mass is 10.2. The summed E-state index contributed by atoms with van der Waals surface area (Å²) in [4.78, 5) is 12.9. The zero-order chi connectivity index (χ0) is 25.8. The average Bonchev–Trinajstić information content (AvgIpc) is 3.31. The van der Waals surface area contributed by atoms with Crippen LogP contribution in [-0.2, 0) is 24.8 Å². The molecule has 1 heterocycles. The number of ether oxygens (including phenoxy) is 1. The van der Waals surface area contributed by atoms with E-state index in [1.54, 1.807) is 12.1 Å². The molecule has 3 rings (SSSR count). The molecule has 0 aromatic heterocycles. The fourth-order valence-electron chi connectivity index (χ4n) is 3.75. The largest absolute Gasteiger partial charge is 0.492 e. The third-order valence-corrected chi connectivity index (χ3v) is 8.98. The minimum absolute atomic E-state index is 0.0958. The van der Waals surface area contributed by atoms with E-state index in [2.05, 4.69) is 5.32 Å². The van der Waals surface area contributed by atoms with Crippen LogP contribution in [-0.4, -0.2) is 65.6 Å². The monoisotopic (exact) mass is 563 g/mol. The first kappa shape index (κ1) is 27.5. The number of halogens is 2. The summed E-state index contributed by atoms with van der Waals surface area (Å²) in [6, 6.07) is 9.30. The van der Waals surface area contributed by atoms with Gasteiger partial charge in [-0.15, -0.1) is 0 Å². The van der Waals surface area contributed by atoms with Gasteiger partial charge in [-0.3, -0.25) is 9.10 Å². The number of hydrogen-bond donors (Lipinski definition) is 1. The number of anilines is 1. The quantitative estimate of drug-likeness (QED) is 0.444. The smallest absolute Gasteiger partial charge is 0.243 e. The number of nitrogens with one attached hydrogen (secondary N) is 1. The molecule has 2 aromatic rings. The molecule has 1 atom stereocenters. The van der Waals surface area contributed by atoms with E-state index < -0.39 is 32.0 Å². The number of amides is 1. The maximum absolute atomic E-state index is 12.7. The Balaban J connectivity index is 1.56. The van der Waals surface area contributed by atoms with Crippen LogP contribution in [0.3, 0.4) is 0 Å². The van der Waals surface area contributed by atoms with E-state index in [0.29, 0.717) is 18.8 Å². The molecule has 1 aliphatic rings. The van der Waals surface area contributed by atoms with Crippen LogP contribution in [0.5, 0.6) is 5.75 Å². The van der Waals surface area contributed by atoms with Gasteiger partial charge in [0.2, 0.25) is 26.0 Å². The third-order valence-electron chi connectivity index (χ3n) is 5.39. The van der Waals surface area contributed by atoms with E-state index in [1.165, 1.54) is 41.6 Å². The summed E-state index contributed by atoms with van der Waals surface area (Å²) in [5, 5.41) is 3.11. The predicted octanol–water partition coefficient (Wildman–Crippen LogP) is 3.13. The normalized spacial score (nSPS) is 15.5. The van der Waals surface area contributed by atoms with E-state index in [4.69, 9.17) is 27.9 Å². The summed E-state index contributed by atoms with van der Waals surface area (Å²) >= 11 is 12.0. The van der Waals surface area contributed by atoms with Crippen LogP contribution in [0.15, 0.2) is 47.4 Å². The fourth-order valence-corrected chi connectivity index (χ4v) is 6.94. The van der Waals surface area contributed by atoms with Gasteiger partial charge in [-0.2, -0.15) is 4.31 Å². The summed E-state index contributed by atoms with van der Waals surface area (Å²) in [7, 11) is -7.32. The van der Waals surface area contributed by atoms with Gasteiger partial charge in [0.1, 0.15) is 18.4 Å². The lowest BCUT2D eigenvalue weighted by molar-refractivity contribution is -0.121. The molecule has 2 aromatic carbocycles. The van der Waals surface area contributed by atoms with Crippen molar-refractivity contribution in [2.45, 2.75) is 30.7 Å². The Labute approximate surface area is 216 Å². The molecular weight excluding hydrogens is 537 g/mol. The maximum atomic E-state index is 12.7. The molecule has 0 radical (unpaired) electrons. The molecule has 1 aliphatic heterocycles. The third kappa shape index (κ3) is 7.01. The molecule has 192 valence electrons. The second kappa shape index (κ2) is 11.3. The Morgan fingerprint density at radius 2 is 1.63 bits per heavy atom. The molecule has 0 unspecified atom stereocenters. The van der Waals surface area contributed by atoms with Crippen molar-refractivity contribution in [3.05, 3.63) is 52.5 Å². The summed E-state index contributed by atoms with van der Waals surface area (Å²) in [5.74, 6) is -0.0961. The lowest BCUT2D eigenvalue weighted by Crippen LogP contribution is -2.48. The van der Waals surface area contributed by atoms with Crippen molar-refractivity contribution >= 4 is 54.8 Å². The zero-order valence-corrected chi connectivity index (χ0v) is 22.4. The highest BCUT2D eigenvalue weighted by atomic mass is 35.5. The molecule has 1 amide bonds. The molecule has 9 nitrogen and oxygen atoms in total. The lowest BCUT2D eigenvalue weighted by Gasteiger charge is -2.28. The number of carbonyl (C=O) groups excluding carboxylic acids is 1. The Bertz CT molecular complexity index is 1240. The van der Waals surface area contributed by atoms with E-state index >= 15 is 0 Å². The SMILES string of the molecule is C[C@@H](C(=O)NCCOc1ccc(S(=O)(=O)N2CCCC2)cc1)N(c1cc(Cl)cc(Cl)c1)S(C)(=O)=O. The molecule has 35 heavy (non-hydrogen) atoms. The molecule has 1 N–H and O–H groups in total. The molecular formula is C22H27Cl2N3O6S2.